The number of carbonyl (C=O) groups is 2. The van der Waals surface area contributed by atoms with Gasteiger partial charge in [0.2, 0.25) is 0 Å². The van der Waals surface area contributed by atoms with E-state index in [1.54, 1.807) is 6.07 Å². The summed E-state index contributed by atoms with van der Waals surface area (Å²) in [4.78, 5) is 24.3. The first-order valence-electron chi connectivity index (χ1n) is 9.80. The van der Waals surface area contributed by atoms with Crippen molar-refractivity contribution in [1.82, 2.24) is 5.32 Å². The van der Waals surface area contributed by atoms with E-state index in [2.05, 4.69) is 17.5 Å². The van der Waals surface area contributed by atoms with Gasteiger partial charge < -0.3 is 19.9 Å². The molecule has 1 amide bonds. The lowest BCUT2D eigenvalue weighted by atomic mass is 9.91. The van der Waals surface area contributed by atoms with Crippen LogP contribution in [-0.4, -0.2) is 46.1 Å². The van der Waals surface area contributed by atoms with Crippen molar-refractivity contribution in [2.24, 2.45) is 0 Å². The van der Waals surface area contributed by atoms with E-state index in [0.29, 0.717) is 17.7 Å². The molecule has 3 aliphatic heterocycles. The number of allylic oxidation sites excluding steroid dienone is 2. The first-order valence-corrected chi connectivity index (χ1v) is 10.8. The van der Waals surface area contributed by atoms with Crippen molar-refractivity contribution in [3.05, 3.63) is 47.5 Å². The maximum Gasteiger partial charge on any atom is 0.338 e. The van der Waals surface area contributed by atoms with Gasteiger partial charge in [-0.2, -0.15) is 0 Å². The molecule has 1 unspecified atom stereocenters. The molecule has 3 aliphatic rings. The van der Waals surface area contributed by atoms with Crippen molar-refractivity contribution in [3.63, 3.8) is 0 Å². The molecule has 2 saturated heterocycles. The van der Waals surface area contributed by atoms with E-state index in [1.807, 2.05) is 18.2 Å². The van der Waals surface area contributed by atoms with Gasteiger partial charge in [-0.3, -0.25) is 4.79 Å². The minimum atomic E-state index is -1.53. The zero-order chi connectivity index (χ0) is 19.6. The highest BCUT2D eigenvalue weighted by atomic mass is 32.2. The summed E-state index contributed by atoms with van der Waals surface area (Å²) in [7, 11) is 0. The van der Waals surface area contributed by atoms with Gasteiger partial charge in [0.05, 0.1) is 17.7 Å². The summed E-state index contributed by atoms with van der Waals surface area (Å²) in [6.45, 7) is 0. The monoisotopic (exact) mass is 403 g/mol. The van der Waals surface area contributed by atoms with Crippen LogP contribution < -0.4 is 5.32 Å². The molecule has 1 aromatic carbocycles. The Hall–Kier alpha value is -1.83. The second-order valence-electron chi connectivity index (χ2n) is 7.65. The first-order chi connectivity index (χ1) is 13.5. The second-order valence-corrected chi connectivity index (χ2v) is 8.65. The van der Waals surface area contributed by atoms with Crippen LogP contribution in [-0.2, 0) is 15.9 Å². The zero-order valence-electron chi connectivity index (χ0n) is 15.6. The van der Waals surface area contributed by atoms with Crippen molar-refractivity contribution in [3.8, 4) is 0 Å². The molecule has 0 aromatic heterocycles. The molecular weight excluding hydrogens is 378 g/mol. The van der Waals surface area contributed by atoms with Gasteiger partial charge in [0.25, 0.3) is 5.24 Å². The zero-order valence-corrected chi connectivity index (χ0v) is 16.5. The van der Waals surface area contributed by atoms with Gasteiger partial charge >= 0.3 is 5.97 Å². The standard InChI is InChI=1S/C21H25NO5S/c23-19-15-8-5-7-14(10-15)6-3-1-2-4-9-16-11-17(26-19)12-21(25,27-16)18-13-28-20(24)22-18/h1,3,5,7-8,10,16-18,25H,2,4,6,9,11-13H2,(H,22,24)/t16-,17-,18?,21-/m1/s1. The van der Waals surface area contributed by atoms with Crippen molar-refractivity contribution in [2.75, 3.05) is 5.75 Å². The lowest BCUT2D eigenvalue weighted by molar-refractivity contribution is -0.281. The summed E-state index contributed by atoms with van der Waals surface area (Å²) in [6, 6.07) is 6.96. The highest BCUT2D eigenvalue weighted by Crippen LogP contribution is 2.36. The number of ether oxygens (including phenoxy) is 2. The van der Waals surface area contributed by atoms with Crippen LogP contribution in [0.3, 0.4) is 0 Å². The predicted octanol–water partition coefficient (Wildman–Crippen LogP) is 3.19. The van der Waals surface area contributed by atoms with E-state index in [1.165, 1.54) is 0 Å². The third-order valence-electron chi connectivity index (χ3n) is 5.49. The summed E-state index contributed by atoms with van der Waals surface area (Å²) in [5.74, 6) is -1.48. The van der Waals surface area contributed by atoms with Crippen molar-refractivity contribution in [1.29, 1.82) is 0 Å². The number of thioether (sulfide) groups is 1. The molecule has 0 saturated carbocycles. The molecule has 150 valence electrons. The van der Waals surface area contributed by atoms with Crippen LogP contribution in [0.25, 0.3) is 0 Å². The lowest BCUT2D eigenvalue weighted by Crippen LogP contribution is -2.58. The molecule has 4 atom stereocenters. The Morgan fingerprint density at radius 2 is 2.11 bits per heavy atom. The molecule has 4 bridgehead atoms. The highest BCUT2D eigenvalue weighted by Gasteiger charge is 2.49. The molecule has 6 nitrogen and oxygen atoms in total. The van der Waals surface area contributed by atoms with Gasteiger partial charge in [-0.25, -0.2) is 4.79 Å². The molecule has 1 aromatic rings. The topological polar surface area (TPSA) is 84.9 Å². The molecular formula is C21H25NO5S. The summed E-state index contributed by atoms with van der Waals surface area (Å²) >= 11 is 1.13. The molecule has 4 rings (SSSR count). The maximum absolute atomic E-state index is 12.7. The second kappa shape index (κ2) is 8.27. The van der Waals surface area contributed by atoms with Crippen LogP contribution in [0, 0.1) is 0 Å². The number of fused-ring (bicyclic) bond motifs is 4. The average molecular weight is 404 g/mol. The van der Waals surface area contributed by atoms with Gasteiger partial charge in [-0.1, -0.05) is 36.0 Å². The number of rotatable bonds is 1. The fourth-order valence-electron chi connectivity index (χ4n) is 4.05. The molecule has 2 fully saturated rings. The van der Waals surface area contributed by atoms with Crippen LogP contribution >= 0.6 is 11.8 Å². The summed E-state index contributed by atoms with van der Waals surface area (Å²) in [5.41, 5.74) is 1.58. The third-order valence-corrected chi connectivity index (χ3v) is 6.37. The van der Waals surface area contributed by atoms with Crippen molar-refractivity contribution < 1.29 is 24.2 Å². The van der Waals surface area contributed by atoms with Gasteiger partial charge in [0.1, 0.15) is 6.10 Å². The van der Waals surface area contributed by atoms with E-state index in [-0.39, 0.29) is 23.7 Å². The number of esters is 1. The summed E-state index contributed by atoms with van der Waals surface area (Å²) < 4.78 is 11.8. The quantitative estimate of drug-likeness (QED) is 0.553. The van der Waals surface area contributed by atoms with Gasteiger partial charge in [0, 0.05) is 18.6 Å². The minimum Gasteiger partial charge on any atom is -0.458 e. The normalized spacial score (nSPS) is 33.7. The minimum absolute atomic E-state index is 0.153. The maximum atomic E-state index is 12.7. The van der Waals surface area contributed by atoms with Crippen molar-refractivity contribution >= 4 is 23.0 Å². The number of hydrogen-bond acceptors (Lipinski definition) is 6. The number of amides is 1. The molecule has 0 radical (unpaired) electrons. The Balaban J connectivity index is 1.57. The van der Waals surface area contributed by atoms with Crippen LogP contribution in [0.4, 0.5) is 4.79 Å². The van der Waals surface area contributed by atoms with Crippen LogP contribution in [0.1, 0.15) is 48.0 Å². The molecule has 3 heterocycles. The fraction of sp³-hybridized carbons (Fsp3) is 0.524. The molecule has 0 spiro atoms. The lowest BCUT2D eigenvalue weighted by Gasteiger charge is -2.43. The van der Waals surface area contributed by atoms with Gasteiger partial charge in [-0.05, 0) is 43.4 Å². The van der Waals surface area contributed by atoms with Crippen LogP contribution in [0.15, 0.2) is 36.4 Å². The average Bonchev–Trinajstić information content (AvgIpc) is 3.11. The Morgan fingerprint density at radius 3 is 2.93 bits per heavy atom. The van der Waals surface area contributed by atoms with E-state index in [9.17, 15) is 14.7 Å². The highest BCUT2D eigenvalue weighted by molar-refractivity contribution is 8.14. The van der Waals surface area contributed by atoms with E-state index in [0.717, 1.165) is 43.0 Å². The Labute approximate surface area is 168 Å². The fourth-order valence-corrected chi connectivity index (χ4v) is 4.94. The molecule has 7 heteroatoms. The Kier molecular flexibility index (Phi) is 5.75. The summed E-state index contributed by atoms with van der Waals surface area (Å²) in [6.07, 6.45) is 7.68. The smallest absolute Gasteiger partial charge is 0.338 e. The Bertz CT molecular complexity index is 782. The molecule has 28 heavy (non-hydrogen) atoms. The van der Waals surface area contributed by atoms with E-state index >= 15 is 0 Å². The predicted molar refractivity (Wildman–Crippen MR) is 106 cm³/mol. The van der Waals surface area contributed by atoms with Crippen molar-refractivity contribution in [2.45, 2.75) is 62.6 Å². The number of aliphatic hydroxyl groups is 1. The van der Waals surface area contributed by atoms with Gasteiger partial charge in [0.15, 0.2) is 5.79 Å². The Morgan fingerprint density at radius 1 is 1.21 bits per heavy atom. The molecule has 2 N–H and O–H groups in total. The SMILES string of the molecule is O=C1NC([C@@]2(O)C[C@H]3C[C@@H](CCCC=CCc4cccc(c4)C(=O)O3)O2)CS1. The van der Waals surface area contributed by atoms with E-state index < -0.39 is 17.9 Å². The number of hydrogen-bond donors (Lipinski definition) is 2. The molecule has 0 aliphatic carbocycles. The largest absolute Gasteiger partial charge is 0.458 e. The number of carbonyl (C=O) groups excluding carboxylic acids is 2. The number of nitrogens with one attached hydrogen (secondary N) is 1. The van der Waals surface area contributed by atoms with E-state index in [4.69, 9.17) is 9.47 Å². The van der Waals surface area contributed by atoms with Crippen LogP contribution in [0.5, 0.6) is 0 Å². The summed E-state index contributed by atoms with van der Waals surface area (Å²) in [5, 5.41) is 13.8. The number of benzene rings is 1. The van der Waals surface area contributed by atoms with Crippen LogP contribution in [0.2, 0.25) is 0 Å². The van der Waals surface area contributed by atoms with Gasteiger partial charge in [-0.15, -0.1) is 0 Å². The third kappa shape index (κ3) is 4.42. The first kappa shape index (κ1) is 19.5.